The molecule has 0 atom stereocenters. The first-order valence-electron chi connectivity index (χ1n) is 9.69. The summed E-state index contributed by atoms with van der Waals surface area (Å²) in [5.74, 6) is 0.853. The number of carbonyl (C=O) groups excluding carboxylic acids is 1. The maximum atomic E-state index is 13.0. The Kier molecular flexibility index (Phi) is 7.81. The van der Waals surface area contributed by atoms with Crippen molar-refractivity contribution in [1.29, 1.82) is 0 Å². The summed E-state index contributed by atoms with van der Waals surface area (Å²) >= 11 is 0. The van der Waals surface area contributed by atoms with Crippen LogP contribution >= 0.6 is 0 Å². The van der Waals surface area contributed by atoms with Crippen LogP contribution in [0.3, 0.4) is 0 Å². The van der Waals surface area contributed by atoms with Gasteiger partial charge in [0.05, 0.1) is 12.0 Å². The second-order valence-corrected chi connectivity index (χ2v) is 9.75. The average molecular weight is 419 g/mol. The van der Waals surface area contributed by atoms with E-state index >= 15 is 0 Å². The van der Waals surface area contributed by atoms with E-state index in [1.807, 2.05) is 27.7 Å². The Hall–Kier alpha value is -2.38. The van der Waals surface area contributed by atoms with Crippen molar-refractivity contribution in [2.45, 2.75) is 32.6 Å². The van der Waals surface area contributed by atoms with Crippen molar-refractivity contribution in [3.63, 3.8) is 0 Å². The van der Waals surface area contributed by atoms with Crippen molar-refractivity contribution in [3.8, 4) is 5.75 Å². The quantitative estimate of drug-likeness (QED) is 0.660. The van der Waals surface area contributed by atoms with Gasteiger partial charge in [0.25, 0.3) is 5.91 Å². The van der Waals surface area contributed by atoms with Gasteiger partial charge in [-0.05, 0) is 60.4 Å². The number of hydrogen-bond donors (Lipinski definition) is 1. The fourth-order valence-electron chi connectivity index (χ4n) is 2.89. The maximum Gasteiger partial charge on any atom is 0.255 e. The van der Waals surface area contributed by atoms with Crippen LogP contribution in [0.4, 0.5) is 5.69 Å². The molecule has 1 amide bonds. The van der Waals surface area contributed by atoms with Crippen LogP contribution in [0.2, 0.25) is 0 Å². The normalized spacial score (nSPS) is 11.9. The van der Waals surface area contributed by atoms with Gasteiger partial charge < -0.3 is 10.1 Å². The highest BCUT2D eigenvalue weighted by molar-refractivity contribution is 7.89. The van der Waals surface area contributed by atoms with Gasteiger partial charge in [0.1, 0.15) is 5.75 Å². The zero-order valence-corrected chi connectivity index (χ0v) is 18.5. The first kappa shape index (κ1) is 22.9. The summed E-state index contributed by atoms with van der Waals surface area (Å²) in [6.07, 6.45) is 0. The van der Waals surface area contributed by atoms with Gasteiger partial charge in [-0.15, -0.1) is 0 Å². The number of nitrogens with zero attached hydrogens (tertiary/aromatic N) is 1. The van der Waals surface area contributed by atoms with Crippen molar-refractivity contribution >= 4 is 21.6 Å². The second-order valence-electron chi connectivity index (χ2n) is 7.82. The molecule has 0 aromatic heterocycles. The zero-order chi connectivity index (χ0) is 21.6. The van der Waals surface area contributed by atoms with Crippen LogP contribution in [-0.2, 0) is 10.0 Å². The molecule has 2 aromatic rings. The second kappa shape index (κ2) is 9.89. The molecule has 0 saturated heterocycles. The van der Waals surface area contributed by atoms with E-state index in [1.54, 1.807) is 43.5 Å². The van der Waals surface area contributed by atoms with E-state index in [0.717, 1.165) is 0 Å². The van der Waals surface area contributed by atoms with E-state index < -0.39 is 10.0 Å². The zero-order valence-electron chi connectivity index (χ0n) is 17.7. The van der Waals surface area contributed by atoms with Crippen LogP contribution in [-0.4, -0.2) is 38.8 Å². The van der Waals surface area contributed by atoms with E-state index in [2.05, 4.69) is 5.32 Å². The predicted octanol–water partition coefficient (Wildman–Crippen LogP) is 4.25. The van der Waals surface area contributed by atoms with Crippen LogP contribution < -0.4 is 10.1 Å². The SMILES string of the molecule is COc1ccc(C(=O)Nc2ccc(S(=O)(=O)N(CC(C)C)CC(C)C)cc2)cc1. The Morgan fingerprint density at radius 3 is 1.90 bits per heavy atom. The number of ether oxygens (including phenoxy) is 1. The van der Waals surface area contributed by atoms with Gasteiger partial charge in [0, 0.05) is 24.3 Å². The Morgan fingerprint density at radius 1 is 0.931 bits per heavy atom. The Morgan fingerprint density at radius 2 is 1.45 bits per heavy atom. The van der Waals surface area contributed by atoms with Crippen molar-refractivity contribution < 1.29 is 17.9 Å². The molecular formula is C22H30N2O4S. The van der Waals surface area contributed by atoms with Gasteiger partial charge >= 0.3 is 0 Å². The lowest BCUT2D eigenvalue weighted by Crippen LogP contribution is -2.37. The monoisotopic (exact) mass is 418 g/mol. The molecule has 0 spiro atoms. The molecule has 29 heavy (non-hydrogen) atoms. The number of sulfonamides is 1. The minimum absolute atomic E-state index is 0.223. The molecule has 0 aliphatic heterocycles. The largest absolute Gasteiger partial charge is 0.497 e. The Balaban J connectivity index is 2.15. The van der Waals surface area contributed by atoms with Crippen LogP contribution in [0, 0.1) is 11.8 Å². The van der Waals surface area contributed by atoms with Gasteiger partial charge in [0.2, 0.25) is 10.0 Å². The minimum atomic E-state index is -3.59. The molecule has 1 N–H and O–H groups in total. The fraction of sp³-hybridized carbons (Fsp3) is 0.409. The first-order valence-corrected chi connectivity index (χ1v) is 11.1. The summed E-state index contributed by atoms with van der Waals surface area (Å²) in [6, 6.07) is 13.0. The van der Waals surface area contributed by atoms with Crippen LogP contribution in [0.25, 0.3) is 0 Å². The van der Waals surface area contributed by atoms with E-state index in [4.69, 9.17) is 4.74 Å². The summed E-state index contributed by atoms with van der Waals surface area (Å²) in [6.45, 7) is 8.94. The topological polar surface area (TPSA) is 75.7 Å². The number of anilines is 1. The van der Waals surface area contributed by atoms with E-state index in [0.29, 0.717) is 30.1 Å². The molecule has 0 fully saturated rings. The minimum Gasteiger partial charge on any atom is -0.497 e. The van der Waals surface area contributed by atoms with Gasteiger partial charge in [0.15, 0.2) is 0 Å². The molecule has 6 nitrogen and oxygen atoms in total. The lowest BCUT2D eigenvalue weighted by molar-refractivity contribution is 0.102. The van der Waals surface area contributed by atoms with Crippen molar-refractivity contribution in [2.75, 3.05) is 25.5 Å². The smallest absolute Gasteiger partial charge is 0.255 e. The van der Waals surface area contributed by atoms with Crippen LogP contribution in [0.15, 0.2) is 53.4 Å². The molecular weight excluding hydrogens is 388 g/mol. The highest BCUT2D eigenvalue weighted by Crippen LogP contribution is 2.21. The number of nitrogens with one attached hydrogen (secondary N) is 1. The lowest BCUT2D eigenvalue weighted by Gasteiger charge is -2.25. The highest BCUT2D eigenvalue weighted by atomic mass is 32.2. The number of methoxy groups -OCH3 is 1. The first-order chi connectivity index (χ1) is 13.6. The van der Waals surface area contributed by atoms with Crippen molar-refractivity contribution in [1.82, 2.24) is 4.31 Å². The van der Waals surface area contributed by atoms with E-state index in [9.17, 15) is 13.2 Å². The van der Waals surface area contributed by atoms with Gasteiger partial charge in [-0.1, -0.05) is 27.7 Å². The van der Waals surface area contributed by atoms with E-state index in [1.165, 1.54) is 16.4 Å². The standard InChI is InChI=1S/C22H30N2O4S/c1-16(2)14-24(15-17(3)4)29(26,27)21-12-8-19(9-13-21)23-22(25)18-6-10-20(28-5)11-7-18/h6-13,16-17H,14-15H2,1-5H3,(H,23,25). The highest BCUT2D eigenvalue weighted by Gasteiger charge is 2.25. The molecule has 0 aliphatic rings. The summed E-state index contributed by atoms with van der Waals surface area (Å²) in [7, 11) is -2.03. The Bertz CT molecular complexity index is 895. The summed E-state index contributed by atoms with van der Waals surface area (Å²) in [4.78, 5) is 12.6. The van der Waals surface area contributed by atoms with E-state index in [-0.39, 0.29) is 22.6 Å². The predicted molar refractivity (Wildman–Crippen MR) is 116 cm³/mol. The number of benzene rings is 2. The molecule has 2 rings (SSSR count). The summed E-state index contributed by atoms with van der Waals surface area (Å²) in [5, 5.41) is 2.78. The van der Waals surface area contributed by atoms with Crippen LogP contribution in [0.1, 0.15) is 38.1 Å². The van der Waals surface area contributed by atoms with Crippen molar-refractivity contribution in [2.24, 2.45) is 11.8 Å². The maximum absolute atomic E-state index is 13.0. The number of amides is 1. The summed E-state index contributed by atoms with van der Waals surface area (Å²) in [5.41, 5.74) is 1.02. The number of rotatable bonds is 9. The third-order valence-corrected chi connectivity index (χ3v) is 6.09. The lowest BCUT2D eigenvalue weighted by atomic mass is 10.2. The molecule has 0 unspecified atom stereocenters. The third kappa shape index (κ3) is 6.30. The van der Waals surface area contributed by atoms with Crippen LogP contribution in [0.5, 0.6) is 5.75 Å². The molecule has 2 aromatic carbocycles. The van der Waals surface area contributed by atoms with Crippen molar-refractivity contribution in [3.05, 3.63) is 54.1 Å². The van der Waals surface area contributed by atoms with Gasteiger partial charge in [-0.2, -0.15) is 4.31 Å². The summed E-state index contributed by atoms with van der Waals surface area (Å²) < 4.78 is 32.7. The van der Waals surface area contributed by atoms with Gasteiger partial charge in [-0.25, -0.2) is 8.42 Å². The molecule has 7 heteroatoms. The Labute approximate surface area is 173 Å². The fourth-order valence-corrected chi connectivity index (χ4v) is 4.66. The third-order valence-electron chi connectivity index (χ3n) is 4.24. The van der Waals surface area contributed by atoms with Gasteiger partial charge in [-0.3, -0.25) is 4.79 Å². The molecule has 0 aliphatic carbocycles. The molecule has 0 bridgehead atoms. The molecule has 0 radical (unpaired) electrons. The number of hydrogen-bond acceptors (Lipinski definition) is 4. The number of carbonyl (C=O) groups is 1. The molecule has 0 saturated carbocycles. The average Bonchev–Trinajstić information content (AvgIpc) is 2.67. The molecule has 0 heterocycles. The molecule has 158 valence electrons.